The zero-order chi connectivity index (χ0) is 10.0. The summed E-state index contributed by atoms with van der Waals surface area (Å²) in [5.74, 6) is 0.200. The van der Waals surface area contributed by atoms with Crippen molar-refractivity contribution in [3.63, 3.8) is 0 Å². The Balaban J connectivity index is 3.25. The van der Waals surface area contributed by atoms with E-state index in [1.165, 1.54) is 13.2 Å². The maximum Gasteiger partial charge on any atom is 0.126 e. The van der Waals surface area contributed by atoms with Crippen LogP contribution >= 0.6 is 0 Å². The third kappa shape index (κ3) is 1.98. The Labute approximate surface area is 77.0 Å². The fourth-order valence-corrected chi connectivity index (χ4v) is 1.17. The number of hydrogen-bond acceptors (Lipinski definition) is 2. The number of rotatable bonds is 2. The molecule has 0 bridgehead atoms. The number of methoxy groups -OCH3 is 1. The van der Waals surface area contributed by atoms with Crippen molar-refractivity contribution in [1.82, 2.24) is 0 Å². The average molecular weight is 184 g/mol. The number of halogens is 1. The third-order valence-corrected chi connectivity index (χ3v) is 1.96. The van der Waals surface area contributed by atoms with Crippen molar-refractivity contribution in [3.8, 4) is 5.75 Å². The Morgan fingerprint density at radius 2 is 2.08 bits per heavy atom. The summed E-state index contributed by atoms with van der Waals surface area (Å²) in [6, 6.07) is 2.89. The van der Waals surface area contributed by atoms with E-state index in [1.54, 1.807) is 19.9 Å². The largest absolute Gasteiger partial charge is 0.496 e. The molecule has 0 aliphatic heterocycles. The molecule has 0 aliphatic rings. The van der Waals surface area contributed by atoms with Gasteiger partial charge in [-0.2, -0.15) is 0 Å². The van der Waals surface area contributed by atoms with Crippen molar-refractivity contribution in [1.29, 1.82) is 0 Å². The zero-order valence-corrected chi connectivity index (χ0v) is 7.97. The smallest absolute Gasteiger partial charge is 0.126 e. The molecule has 72 valence electrons. The Hall–Kier alpha value is -1.09. The molecule has 0 saturated carbocycles. The predicted octanol–water partition coefficient (Wildman–Crippen LogP) is 2.20. The highest BCUT2D eigenvalue weighted by Gasteiger charge is 2.11. The molecule has 2 nitrogen and oxygen atoms in total. The minimum Gasteiger partial charge on any atom is -0.496 e. The lowest BCUT2D eigenvalue weighted by Gasteiger charge is -2.12. The number of aryl methyl sites for hydroxylation is 1. The second-order valence-corrected chi connectivity index (χ2v) is 3.02. The van der Waals surface area contributed by atoms with Gasteiger partial charge in [-0.25, -0.2) is 4.39 Å². The zero-order valence-electron chi connectivity index (χ0n) is 7.97. The van der Waals surface area contributed by atoms with Crippen LogP contribution in [0.15, 0.2) is 12.1 Å². The van der Waals surface area contributed by atoms with E-state index in [0.29, 0.717) is 16.9 Å². The van der Waals surface area contributed by atoms with Crippen molar-refractivity contribution in [2.45, 2.75) is 20.0 Å². The molecule has 1 atom stereocenters. The molecule has 0 aliphatic carbocycles. The van der Waals surface area contributed by atoms with Gasteiger partial charge in [-0.1, -0.05) is 0 Å². The minimum atomic E-state index is -0.718. The van der Waals surface area contributed by atoms with Gasteiger partial charge in [-0.15, -0.1) is 0 Å². The van der Waals surface area contributed by atoms with E-state index in [-0.39, 0.29) is 5.82 Å². The van der Waals surface area contributed by atoms with Gasteiger partial charge < -0.3 is 9.84 Å². The van der Waals surface area contributed by atoms with Gasteiger partial charge in [-0.05, 0) is 31.5 Å². The van der Waals surface area contributed by atoms with Gasteiger partial charge in [0.05, 0.1) is 13.2 Å². The van der Waals surface area contributed by atoms with Gasteiger partial charge in [-0.3, -0.25) is 0 Å². The highest BCUT2D eigenvalue weighted by atomic mass is 19.1. The quantitative estimate of drug-likeness (QED) is 0.763. The standard InChI is InChI=1S/C10H13FO2/c1-6-4-10(13-3)8(7(2)12)5-9(6)11/h4-5,7,12H,1-3H3/t7-/m1/s1. The lowest BCUT2D eigenvalue weighted by Crippen LogP contribution is -1.98. The van der Waals surface area contributed by atoms with Crippen LogP contribution in [-0.4, -0.2) is 12.2 Å². The molecule has 1 rings (SSSR count). The van der Waals surface area contributed by atoms with Crippen molar-refractivity contribution in [3.05, 3.63) is 29.1 Å². The van der Waals surface area contributed by atoms with Crippen LogP contribution < -0.4 is 4.74 Å². The fourth-order valence-electron chi connectivity index (χ4n) is 1.17. The molecule has 0 saturated heterocycles. The van der Waals surface area contributed by atoms with Crippen LogP contribution in [0.1, 0.15) is 24.2 Å². The first-order valence-corrected chi connectivity index (χ1v) is 4.08. The fraction of sp³-hybridized carbons (Fsp3) is 0.400. The molecule has 0 heterocycles. The van der Waals surface area contributed by atoms with Gasteiger partial charge in [0, 0.05) is 5.56 Å². The monoisotopic (exact) mass is 184 g/mol. The lowest BCUT2D eigenvalue weighted by atomic mass is 10.1. The molecule has 0 amide bonds. The van der Waals surface area contributed by atoms with E-state index in [9.17, 15) is 9.50 Å². The topological polar surface area (TPSA) is 29.5 Å². The summed E-state index contributed by atoms with van der Waals surface area (Å²) in [5.41, 5.74) is 0.992. The maximum atomic E-state index is 13.1. The van der Waals surface area contributed by atoms with Crippen molar-refractivity contribution in [2.24, 2.45) is 0 Å². The summed E-state index contributed by atoms with van der Waals surface area (Å²) in [5, 5.41) is 9.30. The molecular formula is C10H13FO2. The maximum absolute atomic E-state index is 13.1. The molecule has 13 heavy (non-hydrogen) atoms. The van der Waals surface area contributed by atoms with Gasteiger partial charge in [0.1, 0.15) is 11.6 Å². The van der Waals surface area contributed by atoms with Gasteiger partial charge in [0.2, 0.25) is 0 Å². The van der Waals surface area contributed by atoms with Crippen LogP contribution in [0.5, 0.6) is 5.75 Å². The highest BCUT2D eigenvalue weighted by Crippen LogP contribution is 2.27. The van der Waals surface area contributed by atoms with Crippen molar-refractivity contribution < 1.29 is 14.2 Å². The number of aliphatic hydroxyl groups is 1. The summed E-state index contributed by atoms with van der Waals surface area (Å²) in [4.78, 5) is 0. The van der Waals surface area contributed by atoms with Crippen LogP contribution in [0.25, 0.3) is 0 Å². The second-order valence-electron chi connectivity index (χ2n) is 3.02. The van der Waals surface area contributed by atoms with Crippen molar-refractivity contribution in [2.75, 3.05) is 7.11 Å². The molecule has 0 radical (unpaired) electrons. The van der Waals surface area contributed by atoms with Crippen LogP contribution in [0.2, 0.25) is 0 Å². The normalized spacial score (nSPS) is 12.7. The van der Waals surface area contributed by atoms with E-state index in [4.69, 9.17) is 4.74 Å². The van der Waals surface area contributed by atoms with Crippen molar-refractivity contribution >= 4 is 0 Å². The van der Waals surface area contributed by atoms with Crippen LogP contribution in [0, 0.1) is 12.7 Å². The number of benzene rings is 1. The Morgan fingerprint density at radius 1 is 1.46 bits per heavy atom. The number of ether oxygens (including phenoxy) is 1. The summed E-state index contributed by atoms with van der Waals surface area (Å²) < 4.78 is 18.1. The SMILES string of the molecule is COc1cc(C)c(F)cc1[C@@H](C)O. The second kappa shape index (κ2) is 3.75. The molecule has 1 aromatic carbocycles. The molecule has 0 aromatic heterocycles. The molecule has 0 fully saturated rings. The van der Waals surface area contributed by atoms with Gasteiger partial charge in [0.25, 0.3) is 0 Å². The Bertz CT molecular complexity index is 308. The molecule has 0 unspecified atom stereocenters. The van der Waals surface area contributed by atoms with Crippen LogP contribution in [-0.2, 0) is 0 Å². The van der Waals surface area contributed by atoms with E-state index >= 15 is 0 Å². The number of aliphatic hydroxyl groups excluding tert-OH is 1. The first-order valence-electron chi connectivity index (χ1n) is 4.08. The molecular weight excluding hydrogens is 171 g/mol. The molecule has 1 N–H and O–H groups in total. The van der Waals surface area contributed by atoms with E-state index in [2.05, 4.69) is 0 Å². The number of hydrogen-bond donors (Lipinski definition) is 1. The Morgan fingerprint density at radius 3 is 2.54 bits per heavy atom. The molecule has 0 spiro atoms. The lowest BCUT2D eigenvalue weighted by molar-refractivity contribution is 0.193. The van der Waals surface area contributed by atoms with Crippen LogP contribution in [0.4, 0.5) is 4.39 Å². The summed E-state index contributed by atoms with van der Waals surface area (Å²) in [6.45, 7) is 3.23. The first-order chi connectivity index (χ1) is 6.06. The predicted molar refractivity (Wildman–Crippen MR) is 48.3 cm³/mol. The molecule has 3 heteroatoms. The van der Waals surface area contributed by atoms with E-state index in [0.717, 1.165) is 0 Å². The summed E-state index contributed by atoms with van der Waals surface area (Å²) in [6.07, 6.45) is -0.718. The van der Waals surface area contributed by atoms with Gasteiger partial charge >= 0.3 is 0 Å². The van der Waals surface area contributed by atoms with E-state index in [1.807, 2.05) is 0 Å². The Kier molecular flexibility index (Phi) is 2.88. The molecule has 1 aromatic rings. The average Bonchev–Trinajstić information content (AvgIpc) is 2.08. The summed E-state index contributed by atoms with van der Waals surface area (Å²) in [7, 11) is 1.50. The summed E-state index contributed by atoms with van der Waals surface area (Å²) >= 11 is 0. The van der Waals surface area contributed by atoms with E-state index < -0.39 is 6.10 Å². The minimum absolute atomic E-state index is 0.322. The van der Waals surface area contributed by atoms with Crippen LogP contribution in [0.3, 0.4) is 0 Å². The highest BCUT2D eigenvalue weighted by molar-refractivity contribution is 5.39. The van der Waals surface area contributed by atoms with Gasteiger partial charge in [0.15, 0.2) is 0 Å². The third-order valence-electron chi connectivity index (χ3n) is 1.96. The first kappa shape index (κ1) is 9.99.